The first kappa shape index (κ1) is 13.3. The van der Waals surface area contributed by atoms with Gasteiger partial charge in [0.05, 0.1) is 11.4 Å². The molecule has 3 rings (SSSR count). The predicted molar refractivity (Wildman–Crippen MR) is 90.8 cm³/mol. The Morgan fingerprint density at radius 1 is 0.900 bits per heavy atom. The van der Waals surface area contributed by atoms with E-state index < -0.39 is 0 Å². The van der Waals surface area contributed by atoms with Crippen LogP contribution in [-0.4, -0.2) is 0 Å². The molecule has 0 aliphatic carbocycles. The Morgan fingerprint density at radius 2 is 1.65 bits per heavy atom. The monoisotopic (exact) mass is 346 g/mol. The third-order valence-electron chi connectivity index (χ3n) is 3.09. The van der Waals surface area contributed by atoms with Gasteiger partial charge in [-0.05, 0) is 53.2 Å². The van der Waals surface area contributed by atoms with E-state index in [1.54, 1.807) is 6.07 Å². The van der Waals surface area contributed by atoms with Crippen molar-refractivity contribution in [3.8, 4) is 0 Å². The van der Waals surface area contributed by atoms with E-state index in [1.165, 1.54) is 10.8 Å². The molecule has 2 nitrogen and oxygen atoms in total. The van der Waals surface area contributed by atoms with Crippen LogP contribution in [0.1, 0.15) is 0 Å². The van der Waals surface area contributed by atoms with Crippen LogP contribution >= 0.6 is 27.5 Å². The Labute approximate surface area is 130 Å². The number of hydrogen-bond acceptors (Lipinski definition) is 2. The summed E-state index contributed by atoms with van der Waals surface area (Å²) >= 11 is 9.38. The molecule has 0 fully saturated rings. The molecule has 0 saturated heterocycles. The highest BCUT2D eigenvalue weighted by atomic mass is 79.9. The maximum Gasteiger partial charge on any atom is 0.0618 e. The van der Waals surface area contributed by atoms with E-state index in [0.29, 0.717) is 10.7 Å². The van der Waals surface area contributed by atoms with Gasteiger partial charge >= 0.3 is 0 Å². The van der Waals surface area contributed by atoms with Crippen molar-refractivity contribution in [2.75, 3.05) is 11.1 Å². The van der Waals surface area contributed by atoms with E-state index >= 15 is 0 Å². The van der Waals surface area contributed by atoms with Crippen LogP contribution in [0.4, 0.5) is 17.1 Å². The van der Waals surface area contributed by atoms with Gasteiger partial charge in [0.15, 0.2) is 0 Å². The number of fused-ring (bicyclic) bond motifs is 1. The van der Waals surface area contributed by atoms with E-state index in [1.807, 2.05) is 24.3 Å². The zero-order valence-electron chi connectivity index (χ0n) is 10.5. The van der Waals surface area contributed by atoms with Crippen LogP contribution in [0, 0.1) is 0 Å². The summed E-state index contributed by atoms with van der Waals surface area (Å²) < 4.78 is 1.08. The van der Waals surface area contributed by atoms with E-state index in [4.69, 9.17) is 17.3 Å². The van der Waals surface area contributed by atoms with Gasteiger partial charge < -0.3 is 11.1 Å². The fourth-order valence-electron chi connectivity index (χ4n) is 2.10. The summed E-state index contributed by atoms with van der Waals surface area (Å²) in [5.41, 5.74) is 8.43. The summed E-state index contributed by atoms with van der Waals surface area (Å²) in [7, 11) is 0. The SMILES string of the molecule is Nc1cc(Cl)ccc1Nc1ccc2cc(Br)ccc2c1. The van der Waals surface area contributed by atoms with Crippen molar-refractivity contribution in [1.29, 1.82) is 0 Å². The van der Waals surface area contributed by atoms with Crippen molar-refractivity contribution in [1.82, 2.24) is 0 Å². The molecule has 3 aromatic rings. The summed E-state index contributed by atoms with van der Waals surface area (Å²) in [6.45, 7) is 0. The average Bonchev–Trinajstić information content (AvgIpc) is 2.42. The molecule has 0 amide bonds. The lowest BCUT2D eigenvalue weighted by Gasteiger charge is -2.10. The molecule has 20 heavy (non-hydrogen) atoms. The van der Waals surface area contributed by atoms with Crippen molar-refractivity contribution < 1.29 is 0 Å². The highest BCUT2D eigenvalue weighted by Gasteiger charge is 2.02. The van der Waals surface area contributed by atoms with Gasteiger partial charge in [-0.25, -0.2) is 0 Å². The molecule has 0 aliphatic heterocycles. The summed E-state index contributed by atoms with van der Waals surface area (Å²) in [6, 6.07) is 17.8. The van der Waals surface area contributed by atoms with Crippen LogP contribution in [0.25, 0.3) is 10.8 Å². The number of halogens is 2. The number of nitrogens with two attached hydrogens (primary N) is 1. The van der Waals surface area contributed by atoms with Gasteiger partial charge in [-0.15, -0.1) is 0 Å². The maximum atomic E-state index is 5.95. The number of nitrogens with one attached hydrogen (secondary N) is 1. The second-order valence-electron chi connectivity index (χ2n) is 4.56. The highest BCUT2D eigenvalue weighted by Crippen LogP contribution is 2.28. The van der Waals surface area contributed by atoms with Gasteiger partial charge in [-0.2, -0.15) is 0 Å². The Kier molecular flexibility index (Phi) is 3.55. The third-order valence-corrected chi connectivity index (χ3v) is 3.82. The first-order valence-electron chi connectivity index (χ1n) is 6.13. The first-order valence-corrected chi connectivity index (χ1v) is 7.30. The van der Waals surface area contributed by atoms with E-state index in [-0.39, 0.29) is 0 Å². The van der Waals surface area contributed by atoms with Gasteiger partial charge in [0, 0.05) is 15.2 Å². The highest BCUT2D eigenvalue weighted by molar-refractivity contribution is 9.10. The molecule has 0 atom stereocenters. The molecule has 0 unspecified atom stereocenters. The Bertz CT molecular complexity index is 787. The predicted octanol–water partition coefficient (Wildman–Crippen LogP) is 5.58. The molecule has 4 heteroatoms. The summed E-state index contributed by atoms with van der Waals surface area (Å²) in [5.74, 6) is 0. The van der Waals surface area contributed by atoms with E-state index in [0.717, 1.165) is 15.8 Å². The molecule has 100 valence electrons. The van der Waals surface area contributed by atoms with Crippen LogP contribution in [0.15, 0.2) is 59.1 Å². The summed E-state index contributed by atoms with van der Waals surface area (Å²) in [4.78, 5) is 0. The van der Waals surface area contributed by atoms with E-state index in [2.05, 4.69) is 45.5 Å². The normalized spacial score (nSPS) is 10.7. The van der Waals surface area contributed by atoms with Crippen LogP contribution in [-0.2, 0) is 0 Å². The fourth-order valence-corrected chi connectivity index (χ4v) is 2.66. The lowest BCUT2D eigenvalue weighted by atomic mass is 10.1. The molecule has 0 spiro atoms. The standard InChI is InChI=1S/C16H12BrClN2/c17-12-3-1-11-8-14(5-2-10(11)7-12)20-16-6-4-13(18)9-15(16)19/h1-9,20H,19H2. The first-order chi connectivity index (χ1) is 9.61. The quantitative estimate of drug-likeness (QED) is 0.594. The van der Waals surface area contributed by atoms with Gasteiger partial charge in [-0.1, -0.05) is 39.7 Å². The summed E-state index contributed by atoms with van der Waals surface area (Å²) in [6.07, 6.45) is 0. The van der Waals surface area contributed by atoms with Gasteiger partial charge in [0.2, 0.25) is 0 Å². The number of benzene rings is 3. The number of nitrogen functional groups attached to an aromatic ring is 1. The lowest BCUT2D eigenvalue weighted by molar-refractivity contribution is 1.56. The van der Waals surface area contributed by atoms with Gasteiger partial charge in [0.25, 0.3) is 0 Å². The second kappa shape index (κ2) is 5.35. The molecular weight excluding hydrogens is 336 g/mol. The van der Waals surface area contributed by atoms with Crippen LogP contribution in [0.5, 0.6) is 0 Å². The molecule has 0 saturated carbocycles. The smallest absolute Gasteiger partial charge is 0.0618 e. The largest absolute Gasteiger partial charge is 0.397 e. The molecule has 3 N–H and O–H groups in total. The van der Waals surface area contributed by atoms with Crippen LogP contribution < -0.4 is 11.1 Å². The Hall–Kier alpha value is -1.71. The fraction of sp³-hybridized carbons (Fsp3) is 0. The number of rotatable bonds is 2. The van der Waals surface area contributed by atoms with Gasteiger partial charge in [0.1, 0.15) is 0 Å². The Balaban J connectivity index is 1.96. The molecule has 0 radical (unpaired) electrons. The van der Waals surface area contributed by atoms with Crippen molar-refractivity contribution in [3.63, 3.8) is 0 Å². The minimum atomic E-state index is 0.633. The maximum absolute atomic E-state index is 5.95. The third kappa shape index (κ3) is 2.74. The minimum absolute atomic E-state index is 0.633. The summed E-state index contributed by atoms with van der Waals surface area (Å²) in [5, 5.41) is 6.31. The van der Waals surface area contributed by atoms with Crippen molar-refractivity contribution in [2.45, 2.75) is 0 Å². The molecular formula is C16H12BrClN2. The Morgan fingerprint density at radius 3 is 2.45 bits per heavy atom. The van der Waals surface area contributed by atoms with Crippen molar-refractivity contribution >= 4 is 55.4 Å². The molecule has 0 aliphatic rings. The minimum Gasteiger partial charge on any atom is -0.397 e. The molecule has 3 aromatic carbocycles. The van der Waals surface area contributed by atoms with Crippen LogP contribution in [0.2, 0.25) is 5.02 Å². The molecule has 0 bridgehead atoms. The zero-order valence-corrected chi connectivity index (χ0v) is 12.9. The topological polar surface area (TPSA) is 38.0 Å². The second-order valence-corrected chi connectivity index (χ2v) is 5.91. The van der Waals surface area contributed by atoms with E-state index in [9.17, 15) is 0 Å². The zero-order chi connectivity index (χ0) is 14.1. The van der Waals surface area contributed by atoms with Crippen LogP contribution in [0.3, 0.4) is 0 Å². The van der Waals surface area contributed by atoms with Crippen molar-refractivity contribution in [3.05, 3.63) is 64.1 Å². The van der Waals surface area contributed by atoms with Gasteiger partial charge in [-0.3, -0.25) is 0 Å². The lowest BCUT2D eigenvalue weighted by Crippen LogP contribution is -1.96. The average molecular weight is 348 g/mol. The number of hydrogen-bond donors (Lipinski definition) is 2. The molecule has 0 aromatic heterocycles. The molecule has 0 heterocycles. The number of anilines is 3. The van der Waals surface area contributed by atoms with Crippen molar-refractivity contribution in [2.24, 2.45) is 0 Å².